The third kappa shape index (κ3) is 6.17. The Hall–Kier alpha value is -3.33. The first-order valence-electron chi connectivity index (χ1n) is 10.8. The maximum atomic E-state index is 13.2. The van der Waals surface area contributed by atoms with E-state index < -0.39 is 28.5 Å². The molecule has 0 saturated heterocycles. The molecule has 1 heterocycles. The highest BCUT2D eigenvalue weighted by Gasteiger charge is 2.35. The number of rotatable bonds is 8. The number of carbonyl (C=O) groups is 2. The van der Waals surface area contributed by atoms with Gasteiger partial charge in [0, 0.05) is 18.2 Å². The van der Waals surface area contributed by atoms with Crippen molar-refractivity contribution >= 4 is 28.6 Å². The van der Waals surface area contributed by atoms with Gasteiger partial charge in [0.2, 0.25) is 0 Å². The first-order valence-corrected chi connectivity index (χ1v) is 12.0. The molecule has 2 unspecified atom stereocenters. The molecule has 2 atom stereocenters. The van der Waals surface area contributed by atoms with Gasteiger partial charge in [0.25, 0.3) is 0 Å². The van der Waals surface area contributed by atoms with E-state index in [1.54, 1.807) is 39.0 Å². The number of hydrogen-bond donors (Lipinski definition) is 2. The van der Waals surface area contributed by atoms with Crippen molar-refractivity contribution in [1.29, 1.82) is 0 Å². The van der Waals surface area contributed by atoms with Crippen LogP contribution in [0.25, 0.3) is 5.70 Å². The Balaban J connectivity index is 1.95. The molecule has 0 spiro atoms. The number of nitrogens with one attached hydrogen (secondary N) is 2. The number of fused-ring (bicyclic) bond motifs is 1. The van der Waals surface area contributed by atoms with E-state index in [0.29, 0.717) is 28.3 Å². The first kappa shape index (κ1) is 25.3. The summed E-state index contributed by atoms with van der Waals surface area (Å²) in [6, 6.07) is 14.5. The highest BCUT2D eigenvalue weighted by Crippen LogP contribution is 2.38. The van der Waals surface area contributed by atoms with Gasteiger partial charge in [-0.05, 0) is 51.0 Å². The summed E-state index contributed by atoms with van der Waals surface area (Å²) >= 11 is 0. The molecular formula is C25H30N2O6S. The van der Waals surface area contributed by atoms with Gasteiger partial charge < -0.3 is 24.8 Å². The third-order valence-electron chi connectivity index (χ3n) is 5.00. The normalized spacial score (nSPS) is 15.9. The number of esters is 1. The van der Waals surface area contributed by atoms with Gasteiger partial charge >= 0.3 is 12.1 Å². The first-order chi connectivity index (χ1) is 16.1. The zero-order valence-electron chi connectivity index (χ0n) is 20.0. The lowest BCUT2D eigenvalue weighted by Gasteiger charge is -2.24. The van der Waals surface area contributed by atoms with Crippen LogP contribution < -0.4 is 15.4 Å². The van der Waals surface area contributed by atoms with Crippen molar-refractivity contribution in [2.45, 2.75) is 43.7 Å². The van der Waals surface area contributed by atoms with E-state index in [-0.39, 0.29) is 17.5 Å². The summed E-state index contributed by atoms with van der Waals surface area (Å²) < 4.78 is 28.8. The zero-order valence-corrected chi connectivity index (χ0v) is 20.8. The second-order valence-electron chi connectivity index (χ2n) is 8.74. The van der Waals surface area contributed by atoms with E-state index in [2.05, 4.69) is 10.6 Å². The Morgan fingerprint density at radius 3 is 2.38 bits per heavy atom. The fraction of sp³-hybridized carbons (Fsp3) is 0.360. The van der Waals surface area contributed by atoms with Crippen molar-refractivity contribution < 1.29 is 28.0 Å². The Morgan fingerprint density at radius 2 is 1.76 bits per heavy atom. The fourth-order valence-electron chi connectivity index (χ4n) is 3.53. The molecule has 0 aliphatic carbocycles. The molecule has 0 fully saturated rings. The Morgan fingerprint density at radius 1 is 1.06 bits per heavy atom. The van der Waals surface area contributed by atoms with Crippen LogP contribution >= 0.6 is 0 Å². The van der Waals surface area contributed by atoms with Crippen LogP contribution in [0.15, 0.2) is 58.3 Å². The molecule has 2 N–H and O–H groups in total. The van der Waals surface area contributed by atoms with Gasteiger partial charge in [0.15, 0.2) is 4.91 Å². The van der Waals surface area contributed by atoms with Crippen molar-refractivity contribution in [3.05, 3.63) is 64.6 Å². The van der Waals surface area contributed by atoms with Crippen molar-refractivity contribution in [2.75, 3.05) is 20.8 Å². The lowest BCUT2D eigenvalue weighted by molar-refractivity contribution is -0.135. The molecule has 1 amide bonds. The van der Waals surface area contributed by atoms with E-state index in [4.69, 9.17) is 14.2 Å². The summed E-state index contributed by atoms with van der Waals surface area (Å²) in [6.45, 7) is 5.57. The minimum absolute atomic E-state index is 0.0288. The summed E-state index contributed by atoms with van der Waals surface area (Å²) in [5, 5.41) is 6.13. The molecule has 182 valence electrons. The van der Waals surface area contributed by atoms with Gasteiger partial charge in [0.05, 0.1) is 35.6 Å². The number of amides is 1. The number of ether oxygens (including phenoxy) is 3. The molecule has 1 aliphatic heterocycles. The lowest BCUT2D eigenvalue weighted by atomic mass is 10.0. The molecule has 8 nitrogen and oxygen atoms in total. The highest BCUT2D eigenvalue weighted by molar-refractivity contribution is 7.90. The van der Waals surface area contributed by atoms with Crippen LogP contribution in [0.2, 0.25) is 0 Å². The molecule has 2 aromatic carbocycles. The largest absolute Gasteiger partial charge is 0.497 e. The summed E-state index contributed by atoms with van der Waals surface area (Å²) in [7, 11) is 1.07. The summed E-state index contributed by atoms with van der Waals surface area (Å²) in [5.74, 6) is -0.123. The van der Waals surface area contributed by atoms with Crippen LogP contribution in [-0.4, -0.2) is 48.7 Å². The smallest absolute Gasteiger partial charge is 0.407 e. The highest BCUT2D eigenvalue weighted by atomic mass is 32.2. The van der Waals surface area contributed by atoms with E-state index in [1.165, 1.54) is 14.2 Å². The molecule has 1 aliphatic rings. The van der Waals surface area contributed by atoms with Crippen LogP contribution in [0.4, 0.5) is 4.79 Å². The molecule has 0 bridgehead atoms. The molecule has 0 radical (unpaired) electrons. The topological polar surface area (TPSA) is 103 Å². The summed E-state index contributed by atoms with van der Waals surface area (Å²) in [4.78, 5) is 25.4. The standard InChI is InChI=1S/C25H30N2O6S/c1-25(2,3)33-24(29)26-15-17(13-16-9-7-6-8-10-16)27-21-19-14-18(31-4)11-12-20(19)34(30)22(21)23(28)32-5/h6-12,14,17,27H,13,15H2,1-5H3,(H,26,29). The molecule has 2 aromatic rings. The predicted octanol–water partition coefficient (Wildman–Crippen LogP) is 3.38. The average Bonchev–Trinajstić information content (AvgIpc) is 3.07. The number of hydrogen-bond acceptors (Lipinski definition) is 7. The number of methoxy groups -OCH3 is 2. The van der Waals surface area contributed by atoms with Gasteiger partial charge in [-0.2, -0.15) is 0 Å². The number of benzene rings is 2. The molecule has 0 aromatic heterocycles. The number of alkyl carbamates (subject to hydrolysis) is 1. The monoisotopic (exact) mass is 486 g/mol. The molecule has 3 rings (SSSR count). The van der Waals surface area contributed by atoms with Crippen molar-refractivity contribution in [3.8, 4) is 5.75 Å². The lowest BCUT2D eigenvalue weighted by Crippen LogP contribution is -2.43. The van der Waals surface area contributed by atoms with E-state index in [9.17, 15) is 13.8 Å². The second kappa shape index (κ2) is 10.7. The van der Waals surface area contributed by atoms with E-state index >= 15 is 0 Å². The Bertz CT molecular complexity index is 1110. The van der Waals surface area contributed by atoms with Crippen molar-refractivity contribution in [1.82, 2.24) is 10.6 Å². The van der Waals surface area contributed by atoms with Crippen LogP contribution in [-0.2, 0) is 31.5 Å². The quantitative estimate of drug-likeness (QED) is 0.552. The second-order valence-corrected chi connectivity index (χ2v) is 10.1. The summed E-state index contributed by atoms with van der Waals surface area (Å²) in [5.41, 5.74) is 1.38. The Kier molecular flexibility index (Phi) is 7.98. The van der Waals surface area contributed by atoms with E-state index in [1.807, 2.05) is 30.3 Å². The van der Waals surface area contributed by atoms with E-state index in [0.717, 1.165) is 5.56 Å². The minimum atomic E-state index is -1.72. The van der Waals surface area contributed by atoms with Gasteiger partial charge in [-0.15, -0.1) is 0 Å². The van der Waals surface area contributed by atoms with Crippen LogP contribution in [0.1, 0.15) is 31.9 Å². The SMILES string of the molecule is COC(=O)C1=C(NC(CNC(=O)OC(C)(C)C)Cc2ccccc2)c2cc(OC)ccc2S1=O. The van der Waals surface area contributed by atoms with Crippen molar-refractivity contribution in [2.24, 2.45) is 0 Å². The predicted molar refractivity (Wildman–Crippen MR) is 130 cm³/mol. The fourth-order valence-corrected chi connectivity index (χ4v) is 4.89. The molecule has 0 saturated carbocycles. The Labute approximate surface area is 202 Å². The average molecular weight is 487 g/mol. The van der Waals surface area contributed by atoms with Gasteiger partial charge in [-0.1, -0.05) is 30.3 Å². The van der Waals surface area contributed by atoms with Crippen molar-refractivity contribution in [3.63, 3.8) is 0 Å². The van der Waals surface area contributed by atoms with Crippen LogP contribution in [0, 0.1) is 0 Å². The zero-order chi connectivity index (χ0) is 24.9. The van der Waals surface area contributed by atoms with Gasteiger partial charge in [0.1, 0.15) is 11.4 Å². The van der Waals surface area contributed by atoms with Crippen LogP contribution in [0.5, 0.6) is 5.75 Å². The molecular weight excluding hydrogens is 456 g/mol. The maximum absolute atomic E-state index is 13.2. The van der Waals surface area contributed by atoms with Gasteiger partial charge in [-0.3, -0.25) is 0 Å². The maximum Gasteiger partial charge on any atom is 0.407 e. The molecule has 9 heteroatoms. The van der Waals surface area contributed by atoms with Crippen LogP contribution in [0.3, 0.4) is 0 Å². The number of carbonyl (C=O) groups excluding carboxylic acids is 2. The third-order valence-corrected chi connectivity index (χ3v) is 6.50. The summed E-state index contributed by atoms with van der Waals surface area (Å²) in [6.07, 6.45) is -0.0211. The molecule has 34 heavy (non-hydrogen) atoms. The minimum Gasteiger partial charge on any atom is -0.497 e. The van der Waals surface area contributed by atoms with Gasteiger partial charge in [-0.25, -0.2) is 13.8 Å².